The van der Waals surface area contributed by atoms with Gasteiger partial charge in [-0.15, -0.1) is 23.7 Å². The smallest absolute Gasteiger partial charge is 0.342 e. The molecule has 39 heavy (non-hydrogen) atoms. The number of amides is 1. The Morgan fingerprint density at radius 2 is 1.92 bits per heavy atom. The van der Waals surface area contributed by atoms with Crippen molar-refractivity contribution in [3.63, 3.8) is 0 Å². The second-order valence-corrected chi connectivity index (χ2v) is 12.7. The third-order valence-electron chi connectivity index (χ3n) is 8.71. The summed E-state index contributed by atoms with van der Waals surface area (Å²) in [5.74, 6) is 0.198. The molecule has 4 aromatic rings. The van der Waals surface area contributed by atoms with Crippen LogP contribution in [-0.2, 0) is 17.6 Å². The second-order valence-electron chi connectivity index (χ2n) is 11.4. The Balaban J connectivity index is 0.00000277. The van der Waals surface area contributed by atoms with Crippen molar-refractivity contribution in [1.82, 2.24) is 29.2 Å². The van der Waals surface area contributed by atoms with Gasteiger partial charge >= 0.3 is 5.69 Å². The highest BCUT2D eigenvalue weighted by Gasteiger charge is 2.48. The number of aromatic nitrogens is 4. The molecule has 5 heterocycles. The Labute approximate surface area is 237 Å². The zero-order valence-electron chi connectivity index (χ0n) is 22.3. The van der Waals surface area contributed by atoms with Crippen molar-refractivity contribution in [3.05, 3.63) is 74.5 Å². The number of fused-ring (bicyclic) bond motifs is 2. The van der Waals surface area contributed by atoms with Crippen LogP contribution < -0.4 is 5.69 Å². The zero-order valence-corrected chi connectivity index (χ0v) is 23.9. The molecule has 7 rings (SSSR count). The first kappa shape index (κ1) is 26.2. The second kappa shape index (κ2) is 9.87. The third-order valence-corrected chi connectivity index (χ3v) is 9.62. The lowest BCUT2D eigenvalue weighted by Crippen LogP contribution is -2.61. The van der Waals surface area contributed by atoms with Crippen molar-refractivity contribution in [3.8, 4) is 11.3 Å². The number of aryl methyl sites for hydroxylation is 3. The third kappa shape index (κ3) is 4.81. The number of benzene rings is 1. The Hall–Kier alpha value is -3.01. The van der Waals surface area contributed by atoms with Gasteiger partial charge < -0.3 is 9.88 Å². The average Bonchev–Trinajstić information content (AvgIpc) is 3.54. The standard InChI is InChI=1S/C29H32N6O2S.ClH/c1-18-11-24(32-27(37)30-18)21-3-5-23-20(12-21)4-6-25(23)35-16-29(17-35)7-9-33(10-8-29)26(36)13-22-15-34-14-19(2)38-28(34)31-22;/h3,5,11-12,14-15,25H,4,6-10,13,16-17H2,1-2H3,(H,30,32,37);1H. The molecule has 1 aromatic carbocycles. The van der Waals surface area contributed by atoms with Gasteiger partial charge in [-0.1, -0.05) is 12.1 Å². The predicted octanol–water partition coefficient (Wildman–Crippen LogP) is 4.34. The van der Waals surface area contributed by atoms with Crippen molar-refractivity contribution >= 4 is 34.6 Å². The number of halogens is 1. The molecule has 2 fully saturated rings. The molecule has 3 aliphatic rings. The Morgan fingerprint density at radius 3 is 2.67 bits per heavy atom. The molecule has 0 saturated carbocycles. The van der Waals surface area contributed by atoms with Gasteiger partial charge in [0.15, 0.2) is 4.96 Å². The summed E-state index contributed by atoms with van der Waals surface area (Å²) in [6.07, 6.45) is 8.82. The van der Waals surface area contributed by atoms with Gasteiger partial charge in [0, 0.05) is 60.7 Å². The van der Waals surface area contributed by atoms with Gasteiger partial charge in [-0.2, -0.15) is 4.98 Å². The number of nitrogens with zero attached hydrogens (tertiary/aromatic N) is 5. The Kier molecular flexibility index (Phi) is 6.64. The summed E-state index contributed by atoms with van der Waals surface area (Å²) >= 11 is 1.66. The number of thiazole rings is 1. The van der Waals surface area contributed by atoms with Gasteiger partial charge in [-0.05, 0) is 68.2 Å². The maximum atomic E-state index is 13.0. The molecule has 1 unspecified atom stereocenters. The van der Waals surface area contributed by atoms with E-state index in [2.05, 4.69) is 51.2 Å². The van der Waals surface area contributed by atoms with E-state index in [1.165, 1.54) is 16.0 Å². The molecule has 10 heteroatoms. The minimum absolute atomic E-state index is 0. The van der Waals surface area contributed by atoms with Crippen molar-refractivity contribution in [2.24, 2.45) is 5.41 Å². The van der Waals surface area contributed by atoms with E-state index in [0.717, 1.165) is 79.5 Å². The van der Waals surface area contributed by atoms with E-state index in [1.54, 1.807) is 11.3 Å². The fourth-order valence-corrected chi connectivity index (χ4v) is 7.58. The number of H-pyrrole nitrogens is 1. The number of rotatable bonds is 4. The fourth-order valence-electron chi connectivity index (χ4n) is 6.75. The number of nitrogens with one attached hydrogen (secondary N) is 1. The summed E-state index contributed by atoms with van der Waals surface area (Å²) in [5, 5.41) is 0. The van der Waals surface area contributed by atoms with E-state index in [9.17, 15) is 9.59 Å². The molecule has 0 radical (unpaired) electrons. The van der Waals surface area contributed by atoms with Crippen molar-refractivity contribution in [1.29, 1.82) is 0 Å². The van der Waals surface area contributed by atoms with E-state index in [1.807, 2.05) is 28.5 Å². The van der Waals surface area contributed by atoms with Crippen LogP contribution in [0.1, 0.15) is 52.7 Å². The first-order chi connectivity index (χ1) is 18.3. The van der Waals surface area contributed by atoms with Crippen LogP contribution in [-0.4, -0.2) is 61.2 Å². The van der Waals surface area contributed by atoms with Gasteiger partial charge in [-0.3, -0.25) is 14.1 Å². The molecule has 3 aromatic heterocycles. The summed E-state index contributed by atoms with van der Waals surface area (Å²) in [4.78, 5) is 43.2. The Bertz CT molecular complexity index is 1580. The largest absolute Gasteiger partial charge is 0.345 e. The SMILES string of the molecule is Cc1cc(-c2ccc3c(c2)CCC3N2CC3(CCN(C(=O)Cc4cn5cc(C)sc5n4)CC3)C2)nc(=O)[nH]1.Cl. The van der Waals surface area contributed by atoms with Gasteiger partial charge in [0.25, 0.3) is 0 Å². The van der Waals surface area contributed by atoms with Crippen LogP contribution in [0.2, 0.25) is 0 Å². The highest BCUT2D eigenvalue weighted by Crippen LogP contribution is 2.48. The monoisotopic (exact) mass is 564 g/mol. The number of hydrogen-bond acceptors (Lipinski definition) is 6. The van der Waals surface area contributed by atoms with Crippen molar-refractivity contribution in [2.45, 2.75) is 52.0 Å². The van der Waals surface area contributed by atoms with Crippen molar-refractivity contribution in [2.75, 3.05) is 26.2 Å². The first-order valence-corrected chi connectivity index (χ1v) is 14.3. The topological polar surface area (TPSA) is 86.6 Å². The highest BCUT2D eigenvalue weighted by atomic mass is 35.5. The minimum Gasteiger partial charge on any atom is -0.342 e. The van der Waals surface area contributed by atoms with Gasteiger partial charge in [0.1, 0.15) is 0 Å². The van der Waals surface area contributed by atoms with E-state index >= 15 is 0 Å². The molecule has 8 nitrogen and oxygen atoms in total. The number of carbonyl (C=O) groups is 1. The summed E-state index contributed by atoms with van der Waals surface area (Å²) < 4.78 is 2.03. The molecule has 1 aliphatic carbocycles. The molecule has 204 valence electrons. The van der Waals surface area contributed by atoms with Crippen LogP contribution in [0.4, 0.5) is 0 Å². The van der Waals surface area contributed by atoms with Gasteiger partial charge in [0.2, 0.25) is 5.91 Å². The minimum atomic E-state index is -0.298. The summed E-state index contributed by atoms with van der Waals surface area (Å²) in [6.45, 7) is 7.89. The number of likely N-dealkylation sites (tertiary alicyclic amines) is 2. The Morgan fingerprint density at radius 1 is 1.13 bits per heavy atom. The summed E-state index contributed by atoms with van der Waals surface area (Å²) in [6, 6.07) is 8.99. The van der Waals surface area contributed by atoms with Gasteiger partial charge in [0.05, 0.1) is 17.8 Å². The lowest BCUT2D eigenvalue weighted by molar-refractivity contribution is -0.136. The summed E-state index contributed by atoms with van der Waals surface area (Å²) in [7, 11) is 0. The molecule has 1 spiro atoms. The normalized spacial score (nSPS) is 20.2. The maximum Gasteiger partial charge on any atom is 0.345 e. The molecular formula is C29H33ClN6O2S. The predicted molar refractivity (Wildman–Crippen MR) is 155 cm³/mol. The lowest BCUT2D eigenvalue weighted by atomic mass is 9.71. The molecule has 2 aliphatic heterocycles. The molecular weight excluding hydrogens is 532 g/mol. The fraction of sp³-hybridized carbons (Fsp3) is 0.448. The van der Waals surface area contributed by atoms with Crippen LogP contribution in [0.25, 0.3) is 16.2 Å². The molecule has 1 N–H and O–H groups in total. The van der Waals surface area contributed by atoms with Crippen LogP contribution in [0.3, 0.4) is 0 Å². The molecule has 1 amide bonds. The van der Waals surface area contributed by atoms with Crippen LogP contribution in [0.15, 0.2) is 41.5 Å². The number of carbonyl (C=O) groups excluding carboxylic acids is 1. The molecule has 0 bridgehead atoms. The number of aromatic amines is 1. The number of hydrogen-bond donors (Lipinski definition) is 1. The quantitative estimate of drug-likeness (QED) is 0.398. The van der Waals surface area contributed by atoms with E-state index in [4.69, 9.17) is 0 Å². The van der Waals surface area contributed by atoms with E-state index in [-0.39, 0.29) is 24.0 Å². The van der Waals surface area contributed by atoms with Crippen LogP contribution >= 0.6 is 23.7 Å². The maximum absolute atomic E-state index is 13.0. The number of imidazole rings is 1. The molecule has 1 atom stereocenters. The van der Waals surface area contributed by atoms with Crippen LogP contribution in [0.5, 0.6) is 0 Å². The van der Waals surface area contributed by atoms with E-state index in [0.29, 0.717) is 17.9 Å². The highest BCUT2D eigenvalue weighted by molar-refractivity contribution is 7.16. The molecule has 2 saturated heterocycles. The average molecular weight is 565 g/mol. The number of piperidine rings is 1. The zero-order chi connectivity index (χ0) is 26.0. The van der Waals surface area contributed by atoms with E-state index < -0.39 is 0 Å². The lowest BCUT2D eigenvalue weighted by Gasteiger charge is -2.56. The van der Waals surface area contributed by atoms with Gasteiger partial charge in [-0.25, -0.2) is 9.78 Å². The van der Waals surface area contributed by atoms with Crippen LogP contribution in [0, 0.1) is 19.3 Å². The first-order valence-electron chi connectivity index (χ1n) is 13.5. The van der Waals surface area contributed by atoms with Crippen molar-refractivity contribution < 1.29 is 4.79 Å². The summed E-state index contributed by atoms with van der Waals surface area (Å²) in [5.41, 5.74) is 6.30.